The Morgan fingerprint density at radius 2 is 1.72 bits per heavy atom. The predicted molar refractivity (Wildman–Crippen MR) is 106 cm³/mol. The number of hydrogen-bond donors (Lipinski definition) is 0. The second-order valence-corrected chi connectivity index (χ2v) is 6.61. The fourth-order valence-corrected chi connectivity index (χ4v) is 3.35. The molecule has 0 unspecified atom stereocenters. The maximum atomic E-state index is 5.97. The molecular weight excluding hydrogens is 330 g/mol. The van der Waals surface area contributed by atoms with Crippen molar-refractivity contribution >= 4 is 17.2 Å². The van der Waals surface area contributed by atoms with Crippen LogP contribution in [-0.4, -0.2) is 29.6 Å². The highest BCUT2D eigenvalue weighted by atomic mass is 32.1. The average molecular weight is 356 g/mol. The number of ether oxygens (including phenoxy) is 2. The molecule has 25 heavy (non-hydrogen) atoms. The zero-order valence-corrected chi connectivity index (χ0v) is 15.6. The first-order valence-corrected chi connectivity index (χ1v) is 9.41. The van der Waals surface area contributed by atoms with Crippen molar-refractivity contribution in [3.63, 3.8) is 0 Å². The third kappa shape index (κ3) is 4.73. The molecule has 1 fully saturated rings. The highest BCUT2D eigenvalue weighted by Crippen LogP contribution is 2.30. The van der Waals surface area contributed by atoms with E-state index in [1.165, 1.54) is 19.3 Å². The number of piperidine rings is 1. The van der Waals surface area contributed by atoms with Crippen LogP contribution >= 0.6 is 12.2 Å². The van der Waals surface area contributed by atoms with E-state index in [1.807, 2.05) is 43.3 Å². The van der Waals surface area contributed by atoms with Gasteiger partial charge in [-0.1, -0.05) is 42.5 Å². The summed E-state index contributed by atoms with van der Waals surface area (Å²) in [6.07, 6.45) is 3.74. The van der Waals surface area contributed by atoms with Crippen LogP contribution in [0.15, 0.2) is 48.5 Å². The monoisotopic (exact) mass is 355 g/mol. The molecule has 1 aliphatic heterocycles. The Bertz CT molecular complexity index is 696. The normalized spacial score (nSPS) is 14.2. The minimum absolute atomic E-state index is 0.525. The SMILES string of the molecule is CCOc1cc(C(=S)N2CCCCC2)ccc1OCc1ccccc1. The Balaban J connectivity index is 1.74. The summed E-state index contributed by atoms with van der Waals surface area (Å²) in [6.45, 7) is 5.21. The lowest BCUT2D eigenvalue weighted by molar-refractivity contribution is 0.269. The summed E-state index contributed by atoms with van der Waals surface area (Å²) >= 11 is 5.70. The van der Waals surface area contributed by atoms with Crippen LogP contribution in [0.3, 0.4) is 0 Å². The molecule has 3 nitrogen and oxygen atoms in total. The molecule has 0 atom stereocenters. The van der Waals surface area contributed by atoms with Crippen LogP contribution in [0.4, 0.5) is 0 Å². The number of nitrogens with zero attached hydrogens (tertiary/aromatic N) is 1. The van der Waals surface area contributed by atoms with Crippen molar-refractivity contribution in [3.05, 3.63) is 59.7 Å². The van der Waals surface area contributed by atoms with E-state index in [2.05, 4.69) is 17.0 Å². The standard InChI is InChI=1S/C21H25NO2S/c1-2-23-20-15-18(21(25)22-13-7-4-8-14-22)11-12-19(20)24-16-17-9-5-3-6-10-17/h3,5-6,9-12,15H,2,4,7-8,13-14,16H2,1H3. The van der Waals surface area contributed by atoms with Crippen molar-refractivity contribution in [1.82, 2.24) is 4.90 Å². The second-order valence-electron chi connectivity index (χ2n) is 6.22. The molecule has 1 heterocycles. The largest absolute Gasteiger partial charge is 0.490 e. The summed E-state index contributed by atoms with van der Waals surface area (Å²) in [5.74, 6) is 1.52. The summed E-state index contributed by atoms with van der Waals surface area (Å²) in [5.41, 5.74) is 2.17. The topological polar surface area (TPSA) is 21.7 Å². The van der Waals surface area contributed by atoms with Gasteiger partial charge < -0.3 is 14.4 Å². The van der Waals surface area contributed by atoms with Crippen molar-refractivity contribution < 1.29 is 9.47 Å². The maximum Gasteiger partial charge on any atom is 0.161 e. The smallest absolute Gasteiger partial charge is 0.161 e. The molecular formula is C21H25NO2S. The van der Waals surface area contributed by atoms with Crippen LogP contribution in [0.1, 0.15) is 37.3 Å². The van der Waals surface area contributed by atoms with Gasteiger partial charge in [-0.25, -0.2) is 0 Å². The first-order chi connectivity index (χ1) is 12.3. The number of rotatable bonds is 6. The van der Waals surface area contributed by atoms with E-state index in [4.69, 9.17) is 21.7 Å². The molecule has 0 radical (unpaired) electrons. The summed E-state index contributed by atoms with van der Waals surface area (Å²) < 4.78 is 11.8. The van der Waals surface area contributed by atoms with Gasteiger partial charge in [-0.2, -0.15) is 0 Å². The van der Waals surface area contributed by atoms with Gasteiger partial charge in [0.05, 0.1) is 6.61 Å². The summed E-state index contributed by atoms with van der Waals surface area (Å²) in [7, 11) is 0. The van der Waals surface area contributed by atoms with Gasteiger partial charge >= 0.3 is 0 Å². The summed E-state index contributed by atoms with van der Waals surface area (Å²) in [4.78, 5) is 3.21. The number of thiocarbonyl (C=S) groups is 1. The molecule has 0 N–H and O–H groups in total. The molecule has 0 amide bonds. The van der Waals surface area contributed by atoms with Gasteiger partial charge in [0.25, 0.3) is 0 Å². The van der Waals surface area contributed by atoms with Gasteiger partial charge in [0.1, 0.15) is 11.6 Å². The van der Waals surface area contributed by atoms with Crippen LogP contribution in [0.2, 0.25) is 0 Å². The van der Waals surface area contributed by atoms with E-state index < -0.39 is 0 Å². The lowest BCUT2D eigenvalue weighted by Crippen LogP contribution is -2.34. The molecule has 2 aromatic carbocycles. The summed E-state index contributed by atoms with van der Waals surface area (Å²) in [6, 6.07) is 16.2. The highest BCUT2D eigenvalue weighted by molar-refractivity contribution is 7.80. The lowest BCUT2D eigenvalue weighted by Gasteiger charge is -2.29. The number of hydrogen-bond acceptors (Lipinski definition) is 3. The van der Waals surface area contributed by atoms with Crippen molar-refractivity contribution in [2.24, 2.45) is 0 Å². The Kier molecular flexibility index (Phi) is 6.29. The van der Waals surface area contributed by atoms with Gasteiger partial charge in [0.15, 0.2) is 11.5 Å². The zero-order chi connectivity index (χ0) is 17.5. The van der Waals surface area contributed by atoms with Crippen LogP contribution in [-0.2, 0) is 6.61 Å². The number of likely N-dealkylation sites (tertiary alicyclic amines) is 1. The third-order valence-electron chi connectivity index (χ3n) is 4.37. The molecule has 3 rings (SSSR count). The Hall–Kier alpha value is -2.07. The average Bonchev–Trinajstić information content (AvgIpc) is 2.68. The number of benzene rings is 2. The second kappa shape index (κ2) is 8.86. The van der Waals surface area contributed by atoms with E-state index in [1.54, 1.807) is 0 Å². The molecule has 0 saturated carbocycles. The minimum atomic E-state index is 0.525. The minimum Gasteiger partial charge on any atom is -0.490 e. The van der Waals surface area contributed by atoms with Crippen LogP contribution in [0.5, 0.6) is 11.5 Å². The van der Waals surface area contributed by atoms with E-state index in [9.17, 15) is 0 Å². The molecule has 1 saturated heterocycles. The molecule has 132 valence electrons. The van der Waals surface area contributed by atoms with Crippen LogP contribution in [0, 0.1) is 0 Å². The van der Waals surface area contributed by atoms with Crippen molar-refractivity contribution in [2.45, 2.75) is 32.8 Å². The van der Waals surface area contributed by atoms with E-state index >= 15 is 0 Å². The first-order valence-electron chi connectivity index (χ1n) is 9.01. The van der Waals surface area contributed by atoms with Crippen molar-refractivity contribution in [2.75, 3.05) is 19.7 Å². The van der Waals surface area contributed by atoms with E-state index in [0.717, 1.165) is 40.7 Å². The Morgan fingerprint density at radius 3 is 2.44 bits per heavy atom. The first kappa shape index (κ1) is 17.7. The Morgan fingerprint density at radius 1 is 0.960 bits per heavy atom. The van der Waals surface area contributed by atoms with Gasteiger partial charge in [-0.05, 0) is 49.9 Å². The molecule has 0 spiro atoms. The van der Waals surface area contributed by atoms with Crippen LogP contribution < -0.4 is 9.47 Å². The molecule has 4 heteroatoms. The van der Waals surface area contributed by atoms with Crippen molar-refractivity contribution in [3.8, 4) is 11.5 Å². The summed E-state index contributed by atoms with van der Waals surface area (Å²) in [5, 5.41) is 0. The molecule has 0 aliphatic carbocycles. The van der Waals surface area contributed by atoms with E-state index in [0.29, 0.717) is 13.2 Å². The fourth-order valence-electron chi connectivity index (χ4n) is 3.04. The fraction of sp³-hybridized carbons (Fsp3) is 0.381. The quantitative estimate of drug-likeness (QED) is 0.692. The zero-order valence-electron chi connectivity index (χ0n) is 14.7. The Labute approximate surface area is 155 Å². The molecule has 1 aliphatic rings. The van der Waals surface area contributed by atoms with Crippen molar-refractivity contribution in [1.29, 1.82) is 0 Å². The molecule has 0 bridgehead atoms. The predicted octanol–water partition coefficient (Wildman–Crippen LogP) is 4.83. The lowest BCUT2D eigenvalue weighted by atomic mass is 10.1. The van der Waals surface area contributed by atoms with Crippen LogP contribution in [0.25, 0.3) is 0 Å². The van der Waals surface area contributed by atoms with E-state index in [-0.39, 0.29) is 0 Å². The van der Waals surface area contributed by atoms with Gasteiger partial charge in [0.2, 0.25) is 0 Å². The van der Waals surface area contributed by atoms with Gasteiger partial charge in [-0.3, -0.25) is 0 Å². The maximum absolute atomic E-state index is 5.97. The van der Waals surface area contributed by atoms with Gasteiger partial charge in [-0.15, -0.1) is 0 Å². The molecule has 2 aromatic rings. The molecule has 0 aromatic heterocycles. The third-order valence-corrected chi connectivity index (χ3v) is 4.86. The highest BCUT2D eigenvalue weighted by Gasteiger charge is 2.17. The van der Waals surface area contributed by atoms with Gasteiger partial charge in [0, 0.05) is 18.7 Å².